The molecule has 0 aromatic heterocycles. The van der Waals surface area contributed by atoms with Crippen molar-refractivity contribution in [1.82, 2.24) is 10.6 Å². The predicted molar refractivity (Wildman–Crippen MR) is 106 cm³/mol. The van der Waals surface area contributed by atoms with Gasteiger partial charge in [0.2, 0.25) is 5.91 Å². The number of nitrogens with one attached hydrogen (secondary N) is 3. The lowest BCUT2D eigenvalue weighted by molar-refractivity contribution is -0.306. The summed E-state index contributed by atoms with van der Waals surface area (Å²) in [5.74, 6) is -4.78. The van der Waals surface area contributed by atoms with E-state index in [-0.39, 0.29) is 5.69 Å². The molecule has 2 rings (SSSR count). The molecule has 0 saturated heterocycles. The van der Waals surface area contributed by atoms with E-state index in [0.717, 1.165) is 24.3 Å². The van der Waals surface area contributed by atoms with Crippen LogP contribution in [0.4, 0.5) is 23.7 Å². The molecule has 16 heteroatoms. The highest BCUT2D eigenvalue weighted by Crippen LogP contribution is 2.30. The Balaban J connectivity index is 2.06. The van der Waals surface area contributed by atoms with Crippen molar-refractivity contribution in [2.75, 3.05) is 5.32 Å². The highest BCUT2D eigenvalue weighted by atomic mass is 19.4. The number of anilines is 1. The molecule has 0 bridgehead atoms. The van der Waals surface area contributed by atoms with E-state index in [1.165, 1.54) is 0 Å². The number of benzene rings is 1. The minimum atomic E-state index is -4.91. The Hall–Kier alpha value is -3.63. The van der Waals surface area contributed by atoms with Crippen LogP contribution < -0.4 is 31.5 Å². The molecule has 0 heterocycles. The number of aliphatic carboxylic acids is 1. The van der Waals surface area contributed by atoms with Gasteiger partial charge in [0, 0.05) is 30.9 Å². The van der Waals surface area contributed by atoms with Crippen LogP contribution in [0.5, 0.6) is 5.75 Å². The topological polar surface area (TPSA) is 223 Å². The number of rotatable bonds is 8. The summed E-state index contributed by atoms with van der Waals surface area (Å²) < 4.78 is 40.4. The lowest BCUT2D eigenvalue weighted by Gasteiger charge is -2.41. The third kappa shape index (κ3) is 7.97. The molecular formula is C19H22F3N4O9-. The van der Waals surface area contributed by atoms with Crippen molar-refractivity contribution in [3.63, 3.8) is 0 Å². The van der Waals surface area contributed by atoms with E-state index in [1.807, 2.05) is 5.32 Å². The molecule has 1 aromatic carbocycles. The Bertz CT molecular complexity index is 960. The van der Waals surface area contributed by atoms with Gasteiger partial charge in [-0.3, -0.25) is 9.59 Å². The van der Waals surface area contributed by atoms with Gasteiger partial charge in [0.1, 0.15) is 23.5 Å². The van der Waals surface area contributed by atoms with Crippen molar-refractivity contribution in [3.8, 4) is 5.75 Å². The third-order valence-corrected chi connectivity index (χ3v) is 5.02. The first-order valence-corrected chi connectivity index (χ1v) is 9.91. The van der Waals surface area contributed by atoms with Crippen molar-refractivity contribution < 1.29 is 57.5 Å². The zero-order chi connectivity index (χ0) is 26.6. The van der Waals surface area contributed by atoms with Gasteiger partial charge in [0.05, 0.1) is 12.1 Å². The molecule has 13 nitrogen and oxygen atoms in total. The van der Waals surface area contributed by atoms with E-state index in [1.54, 1.807) is 0 Å². The summed E-state index contributed by atoms with van der Waals surface area (Å²) in [4.78, 5) is 46.9. The summed E-state index contributed by atoms with van der Waals surface area (Å²) in [5.41, 5.74) is 2.58. The Morgan fingerprint density at radius 2 is 1.77 bits per heavy atom. The number of nitrogens with two attached hydrogens (primary N) is 1. The molecule has 0 spiro atoms. The maximum absolute atomic E-state index is 12.5. The van der Waals surface area contributed by atoms with Crippen molar-refractivity contribution in [1.29, 1.82) is 0 Å². The zero-order valence-corrected chi connectivity index (χ0v) is 17.7. The van der Waals surface area contributed by atoms with Crippen molar-refractivity contribution in [2.45, 2.75) is 55.5 Å². The van der Waals surface area contributed by atoms with Crippen LogP contribution in [0.25, 0.3) is 0 Å². The van der Waals surface area contributed by atoms with Gasteiger partial charge in [-0.25, -0.2) is 4.79 Å². The molecule has 0 aliphatic heterocycles. The van der Waals surface area contributed by atoms with Crippen LogP contribution in [0.15, 0.2) is 24.3 Å². The first-order chi connectivity index (χ1) is 16.1. The van der Waals surface area contributed by atoms with E-state index >= 15 is 0 Å². The van der Waals surface area contributed by atoms with Gasteiger partial charge in [0.25, 0.3) is 5.91 Å². The molecule has 0 unspecified atom stereocenters. The molecular weight excluding hydrogens is 485 g/mol. The molecule has 1 aliphatic carbocycles. The minimum Gasteiger partial charge on any atom is -0.550 e. The molecule has 35 heavy (non-hydrogen) atoms. The molecule has 8 N–H and O–H groups in total. The van der Waals surface area contributed by atoms with Crippen LogP contribution in [-0.2, 0) is 14.4 Å². The number of carbonyl (C=O) groups is 4. The van der Waals surface area contributed by atoms with Crippen LogP contribution in [-0.4, -0.2) is 75.4 Å². The Labute approximate surface area is 195 Å². The number of ether oxygens (including phenoxy) is 1. The number of carbonyl (C=O) groups excluding carboxylic acids is 4. The molecule has 194 valence electrons. The maximum atomic E-state index is 12.5. The van der Waals surface area contributed by atoms with Gasteiger partial charge in [-0.1, -0.05) is 0 Å². The first kappa shape index (κ1) is 27.6. The molecule has 4 amide bonds. The number of primary amides is 1. The van der Waals surface area contributed by atoms with Gasteiger partial charge in [-0.05, 0) is 24.3 Å². The van der Waals surface area contributed by atoms with E-state index in [4.69, 9.17) is 5.73 Å². The number of hydrogen-bond acceptors (Lipinski definition) is 9. The fraction of sp³-hybridized carbons (Fsp3) is 0.474. The highest BCUT2D eigenvalue weighted by molar-refractivity contribution is 5.93. The van der Waals surface area contributed by atoms with Crippen LogP contribution >= 0.6 is 0 Å². The number of urea groups is 1. The smallest absolute Gasteiger partial charge is 0.550 e. The average molecular weight is 507 g/mol. The van der Waals surface area contributed by atoms with Gasteiger partial charge in [-0.2, -0.15) is 0 Å². The monoisotopic (exact) mass is 507 g/mol. The Kier molecular flexibility index (Phi) is 8.48. The number of halogens is 3. The number of alkyl halides is 3. The summed E-state index contributed by atoms with van der Waals surface area (Å²) in [7, 11) is 0. The second-order valence-electron chi connectivity index (χ2n) is 7.78. The quantitative estimate of drug-likeness (QED) is 0.196. The number of aliphatic hydroxyl groups is 3. The predicted octanol–water partition coefficient (Wildman–Crippen LogP) is -2.57. The number of hydrogen-bond donors (Lipinski definition) is 7. The summed E-state index contributed by atoms with van der Waals surface area (Å²) >= 11 is 0. The van der Waals surface area contributed by atoms with E-state index in [2.05, 4.69) is 15.4 Å². The van der Waals surface area contributed by atoms with E-state index < -0.39 is 85.1 Å². The Morgan fingerprint density at radius 3 is 2.29 bits per heavy atom. The minimum absolute atomic E-state index is 0.0162. The van der Waals surface area contributed by atoms with Gasteiger partial charge < -0.3 is 51.6 Å². The van der Waals surface area contributed by atoms with Gasteiger partial charge in [-0.15, -0.1) is 13.2 Å². The summed E-state index contributed by atoms with van der Waals surface area (Å²) in [6, 6.07) is -0.159. The van der Waals surface area contributed by atoms with Crippen LogP contribution in [0.3, 0.4) is 0 Å². The summed E-state index contributed by atoms with van der Waals surface area (Å²) in [6.45, 7) is 0. The van der Waals surface area contributed by atoms with E-state index in [9.17, 15) is 52.8 Å². The number of aliphatic hydroxyl groups excluding tert-OH is 2. The first-order valence-electron chi connectivity index (χ1n) is 9.91. The second kappa shape index (κ2) is 10.7. The van der Waals surface area contributed by atoms with Crippen molar-refractivity contribution in [2.24, 2.45) is 5.73 Å². The van der Waals surface area contributed by atoms with Crippen LogP contribution in [0.2, 0.25) is 0 Å². The van der Waals surface area contributed by atoms with E-state index in [0.29, 0.717) is 0 Å². The summed E-state index contributed by atoms with van der Waals surface area (Å²) in [6.07, 6.45) is -10.7. The number of carboxylic acids is 1. The maximum Gasteiger partial charge on any atom is 0.573 e. The lowest BCUT2D eigenvalue weighted by Crippen LogP contribution is -2.64. The van der Waals surface area contributed by atoms with Gasteiger partial charge in [0.15, 0.2) is 0 Å². The largest absolute Gasteiger partial charge is 0.573 e. The van der Waals surface area contributed by atoms with Crippen LogP contribution in [0.1, 0.15) is 19.3 Å². The zero-order valence-electron chi connectivity index (χ0n) is 17.7. The number of carboxylic acid groups (broad SMARTS) is 1. The molecule has 1 fully saturated rings. The van der Waals surface area contributed by atoms with Crippen LogP contribution in [0, 0.1) is 0 Å². The third-order valence-electron chi connectivity index (χ3n) is 5.02. The van der Waals surface area contributed by atoms with Crippen molar-refractivity contribution in [3.05, 3.63) is 24.3 Å². The standard InChI is InChI=1S/C19H23F3N4O9/c20-19(21,22)35-9-3-1-8(2-4-9)24-17(33)26-11-6-18(34,7-12(27)14(11)30)16(32)25-10(15(23)31)5-13(28)29/h1-4,10-12,14,27,30,34H,5-7H2,(H2,23,31)(H,25,32)(H,28,29)(H2,24,26,33)/p-1/t10-,11+,12-,14-,18+/m1/s1. The average Bonchev–Trinajstić information content (AvgIpc) is 2.71. The second-order valence-corrected chi connectivity index (χ2v) is 7.78. The molecule has 1 aromatic rings. The lowest BCUT2D eigenvalue weighted by atomic mass is 9.77. The fourth-order valence-corrected chi connectivity index (χ4v) is 3.38. The molecule has 5 atom stereocenters. The molecule has 0 radical (unpaired) electrons. The summed E-state index contributed by atoms with van der Waals surface area (Å²) in [5, 5.41) is 48.1. The Morgan fingerprint density at radius 1 is 1.17 bits per heavy atom. The van der Waals surface area contributed by atoms with Gasteiger partial charge >= 0.3 is 12.4 Å². The fourth-order valence-electron chi connectivity index (χ4n) is 3.38. The number of amides is 4. The van der Waals surface area contributed by atoms with Crippen molar-refractivity contribution >= 4 is 29.5 Å². The normalized spacial score (nSPS) is 25.1. The molecule has 1 saturated carbocycles. The molecule has 1 aliphatic rings. The highest BCUT2D eigenvalue weighted by Gasteiger charge is 2.49. The SMILES string of the molecule is NC(=O)[C@@H](CC(=O)[O-])NC(=O)[C@@]1(O)C[C@@H](O)[C@H](O)[C@@H](NC(=O)Nc2ccc(OC(F)(F)F)cc2)C1.